The first kappa shape index (κ1) is 31.8. The number of methoxy groups -OCH3 is 5. The van der Waals surface area contributed by atoms with Gasteiger partial charge in [-0.1, -0.05) is 38.0 Å². The molecule has 2 atom stereocenters. The topological polar surface area (TPSA) is 95.6 Å². The van der Waals surface area contributed by atoms with Gasteiger partial charge in [-0.15, -0.1) is 0 Å². The van der Waals surface area contributed by atoms with Crippen molar-refractivity contribution in [2.45, 2.75) is 57.4 Å². The quantitative estimate of drug-likeness (QED) is 0.227. The number of rotatable bonds is 11. The van der Waals surface area contributed by atoms with Crippen LogP contribution in [0.3, 0.4) is 0 Å². The fourth-order valence-electron chi connectivity index (χ4n) is 6.43. The fourth-order valence-corrected chi connectivity index (χ4v) is 6.43. The lowest BCUT2D eigenvalue weighted by atomic mass is 9.78. The van der Waals surface area contributed by atoms with Gasteiger partial charge in [-0.3, -0.25) is 14.5 Å². The zero-order valence-electron chi connectivity index (χ0n) is 26.9. The maximum absolute atomic E-state index is 14.5. The van der Waals surface area contributed by atoms with Gasteiger partial charge in [0, 0.05) is 24.1 Å². The molecule has 0 radical (unpaired) electrons. The Labute approximate surface area is 265 Å². The highest BCUT2D eigenvalue weighted by Crippen LogP contribution is 2.50. The molecule has 9 heteroatoms. The predicted molar refractivity (Wildman–Crippen MR) is 174 cm³/mol. The maximum atomic E-state index is 14.5. The molecule has 1 aliphatic carbocycles. The zero-order chi connectivity index (χ0) is 32.1. The molecule has 45 heavy (non-hydrogen) atoms. The number of carbonyl (C=O) groups is 2. The first-order valence-corrected chi connectivity index (χ1v) is 15.3. The van der Waals surface area contributed by atoms with Crippen LogP contribution in [-0.2, 0) is 9.59 Å². The third-order valence-electron chi connectivity index (χ3n) is 8.63. The number of unbranched alkanes of at least 4 members (excludes halogenated alkanes) is 2. The van der Waals surface area contributed by atoms with E-state index in [9.17, 15) is 9.59 Å². The second-order valence-corrected chi connectivity index (χ2v) is 11.3. The van der Waals surface area contributed by atoms with Gasteiger partial charge >= 0.3 is 0 Å². The predicted octanol–water partition coefficient (Wildman–Crippen LogP) is 7.21. The average molecular weight is 615 g/mol. The van der Waals surface area contributed by atoms with Crippen molar-refractivity contribution in [3.8, 4) is 28.7 Å². The second kappa shape index (κ2) is 14.0. The molecule has 238 valence electrons. The van der Waals surface area contributed by atoms with E-state index >= 15 is 0 Å². The Balaban J connectivity index is 1.71. The molecule has 5 rings (SSSR count). The summed E-state index contributed by atoms with van der Waals surface area (Å²) < 4.78 is 28.1. The smallest absolute Gasteiger partial charge is 0.227 e. The lowest BCUT2D eigenvalue weighted by Crippen LogP contribution is -2.38. The van der Waals surface area contributed by atoms with Crippen molar-refractivity contribution >= 4 is 23.1 Å². The van der Waals surface area contributed by atoms with E-state index in [1.54, 1.807) is 40.4 Å². The minimum atomic E-state index is -0.724. The summed E-state index contributed by atoms with van der Waals surface area (Å²) in [4.78, 5) is 30.5. The number of hydrogen-bond acceptors (Lipinski definition) is 8. The van der Waals surface area contributed by atoms with Gasteiger partial charge in [-0.2, -0.15) is 0 Å². The molecule has 1 heterocycles. The van der Waals surface area contributed by atoms with Crippen LogP contribution in [0.4, 0.5) is 11.4 Å². The van der Waals surface area contributed by atoms with E-state index in [-0.39, 0.29) is 24.0 Å². The molecule has 0 saturated heterocycles. The molecule has 0 aromatic heterocycles. The van der Waals surface area contributed by atoms with Crippen molar-refractivity contribution in [3.63, 3.8) is 0 Å². The van der Waals surface area contributed by atoms with Crippen LogP contribution in [0, 0.1) is 0 Å². The molecule has 1 N–H and O–H groups in total. The van der Waals surface area contributed by atoms with Gasteiger partial charge in [0.2, 0.25) is 11.7 Å². The number of amides is 1. The minimum absolute atomic E-state index is 0.0403. The Morgan fingerprint density at radius 2 is 1.47 bits per heavy atom. The summed E-state index contributed by atoms with van der Waals surface area (Å²) >= 11 is 0. The van der Waals surface area contributed by atoms with Crippen molar-refractivity contribution in [3.05, 3.63) is 77.0 Å². The van der Waals surface area contributed by atoms with Gasteiger partial charge in [0.1, 0.15) is 0 Å². The second-order valence-electron chi connectivity index (χ2n) is 11.3. The fraction of sp³-hybridized carbons (Fsp3) is 0.389. The highest BCUT2D eigenvalue weighted by molar-refractivity contribution is 6.06. The van der Waals surface area contributed by atoms with Gasteiger partial charge in [0.25, 0.3) is 0 Å². The monoisotopic (exact) mass is 614 g/mol. The van der Waals surface area contributed by atoms with E-state index < -0.39 is 6.04 Å². The van der Waals surface area contributed by atoms with Crippen LogP contribution in [0.1, 0.15) is 68.5 Å². The largest absolute Gasteiger partial charge is 0.493 e. The van der Waals surface area contributed by atoms with Gasteiger partial charge in [0.05, 0.1) is 53.0 Å². The van der Waals surface area contributed by atoms with E-state index in [1.807, 2.05) is 54.6 Å². The molecular weight excluding hydrogens is 572 g/mol. The lowest BCUT2D eigenvalue weighted by Gasteiger charge is -2.35. The number of anilines is 2. The number of hydrogen-bond donors (Lipinski definition) is 1. The number of carbonyl (C=O) groups excluding carboxylic acids is 2. The molecule has 1 amide bonds. The van der Waals surface area contributed by atoms with E-state index in [4.69, 9.17) is 23.7 Å². The number of ketones is 1. The first-order chi connectivity index (χ1) is 21.9. The van der Waals surface area contributed by atoms with Crippen LogP contribution >= 0.6 is 0 Å². The van der Waals surface area contributed by atoms with Crippen molar-refractivity contribution in [2.75, 3.05) is 45.8 Å². The number of nitrogens with zero attached hydrogens (tertiary/aromatic N) is 1. The van der Waals surface area contributed by atoms with Crippen molar-refractivity contribution in [1.29, 1.82) is 0 Å². The van der Waals surface area contributed by atoms with Crippen LogP contribution in [0.5, 0.6) is 28.7 Å². The highest BCUT2D eigenvalue weighted by atomic mass is 16.5. The summed E-state index contributed by atoms with van der Waals surface area (Å²) in [5.74, 6) is 2.37. The first-order valence-electron chi connectivity index (χ1n) is 15.3. The molecule has 9 nitrogen and oxygen atoms in total. The molecule has 0 unspecified atom stereocenters. The van der Waals surface area contributed by atoms with Crippen LogP contribution in [0.15, 0.2) is 65.9 Å². The molecular formula is C36H42N2O7. The van der Waals surface area contributed by atoms with E-state index in [0.717, 1.165) is 36.2 Å². The summed E-state index contributed by atoms with van der Waals surface area (Å²) in [5.41, 5.74) is 4.48. The van der Waals surface area contributed by atoms with Gasteiger partial charge in [0.15, 0.2) is 28.8 Å². The Morgan fingerprint density at radius 1 is 0.800 bits per heavy atom. The summed E-state index contributed by atoms with van der Waals surface area (Å²) in [5, 5.41) is 3.60. The zero-order valence-corrected chi connectivity index (χ0v) is 26.9. The van der Waals surface area contributed by atoms with Gasteiger partial charge < -0.3 is 29.0 Å². The number of benzene rings is 3. The third-order valence-corrected chi connectivity index (χ3v) is 8.63. The van der Waals surface area contributed by atoms with E-state index in [1.165, 1.54) is 0 Å². The summed E-state index contributed by atoms with van der Waals surface area (Å²) in [6.45, 7) is 2.11. The van der Waals surface area contributed by atoms with Crippen molar-refractivity contribution in [1.82, 2.24) is 0 Å². The third kappa shape index (κ3) is 6.16. The van der Waals surface area contributed by atoms with Crippen LogP contribution in [0.25, 0.3) is 0 Å². The lowest BCUT2D eigenvalue weighted by molar-refractivity contribution is -0.119. The normalized spacial score (nSPS) is 17.5. The number of ether oxygens (including phenoxy) is 5. The Bertz CT molecular complexity index is 1570. The maximum Gasteiger partial charge on any atom is 0.227 e. The van der Waals surface area contributed by atoms with E-state index in [2.05, 4.69) is 12.2 Å². The molecule has 2 aliphatic rings. The van der Waals surface area contributed by atoms with Crippen LogP contribution < -0.4 is 33.9 Å². The Morgan fingerprint density at radius 3 is 2.11 bits per heavy atom. The average Bonchev–Trinajstić information content (AvgIpc) is 3.22. The Kier molecular flexibility index (Phi) is 9.86. The molecule has 3 aromatic rings. The van der Waals surface area contributed by atoms with Crippen molar-refractivity contribution < 1.29 is 33.3 Å². The number of fused-ring (bicyclic) bond motifs is 1. The summed E-state index contributed by atoms with van der Waals surface area (Å²) in [6.07, 6.45) is 3.87. The number of nitrogens with one attached hydrogen (secondary N) is 1. The minimum Gasteiger partial charge on any atom is -0.493 e. The number of allylic oxidation sites excluding steroid dienone is 1. The molecule has 0 fully saturated rings. The molecule has 0 saturated carbocycles. The SMILES string of the molecule is CCCCCC(=O)N1c2ccccc2NC2=C(C(=O)C[C@@H](c3ccc(OC)c(OC)c3)C2)[C@H]1c1cc(OC)c(OC)c(OC)c1. The van der Waals surface area contributed by atoms with Crippen LogP contribution in [-0.4, -0.2) is 47.2 Å². The molecule has 0 spiro atoms. The number of Topliss-reactive ketones (excluding diaryl/α,β-unsaturated/α-hetero) is 1. The van der Waals surface area contributed by atoms with Crippen molar-refractivity contribution in [2.24, 2.45) is 0 Å². The highest BCUT2D eigenvalue weighted by Gasteiger charge is 2.42. The molecule has 3 aromatic carbocycles. The Hall–Kier alpha value is -4.66. The van der Waals surface area contributed by atoms with Gasteiger partial charge in [-0.05, 0) is 66.3 Å². The number of para-hydroxylation sites is 2. The standard InChI is InChI=1S/C36H42N2O7/c1-7-8-9-14-33(40)38-27-13-11-10-12-25(27)37-26-17-23(22-15-16-29(41-2)30(19-22)42-3)18-28(39)34(26)35(38)24-20-31(43-4)36(45-6)32(21-24)44-5/h10-13,15-16,19-21,23,35,37H,7-9,14,17-18H2,1-6H3/t23-,35+/m0/s1. The van der Waals surface area contributed by atoms with Crippen LogP contribution in [0.2, 0.25) is 0 Å². The molecule has 1 aliphatic heterocycles. The van der Waals surface area contributed by atoms with Gasteiger partial charge in [-0.25, -0.2) is 0 Å². The van der Waals surface area contributed by atoms with E-state index in [0.29, 0.717) is 58.4 Å². The summed E-state index contributed by atoms with van der Waals surface area (Å²) in [6, 6.07) is 16.5. The summed E-state index contributed by atoms with van der Waals surface area (Å²) in [7, 11) is 7.87. The molecule has 0 bridgehead atoms.